The third-order valence-corrected chi connectivity index (χ3v) is 5.82. The minimum Gasteiger partial charge on any atom is -0.353 e. The van der Waals surface area contributed by atoms with Gasteiger partial charge in [-0.3, -0.25) is 4.79 Å². The van der Waals surface area contributed by atoms with Crippen LogP contribution in [0.25, 0.3) is 10.2 Å². The van der Waals surface area contributed by atoms with Gasteiger partial charge in [0.05, 0.1) is 5.39 Å². The summed E-state index contributed by atoms with van der Waals surface area (Å²) in [5.41, 5.74) is 1.18. The first-order valence-electron chi connectivity index (χ1n) is 9.03. The van der Waals surface area contributed by atoms with Crippen LogP contribution >= 0.6 is 11.3 Å². The van der Waals surface area contributed by atoms with Gasteiger partial charge in [0.15, 0.2) is 0 Å². The molecule has 0 unspecified atom stereocenters. The van der Waals surface area contributed by atoms with Crippen LogP contribution in [0.4, 0.5) is 5.82 Å². The third-order valence-electron chi connectivity index (χ3n) is 5.00. The van der Waals surface area contributed by atoms with E-state index in [4.69, 9.17) is 0 Å². The summed E-state index contributed by atoms with van der Waals surface area (Å²) in [5.74, 6) is 1.17. The molecule has 1 aromatic carbocycles. The number of aromatic nitrogens is 2. The Balaban J connectivity index is 1.62. The van der Waals surface area contributed by atoms with Gasteiger partial charge in [-0.2, -0.15) is 0 Å². The highest BCUT2D eigenvalue weighted by atomic mass is 32.1. The molecule has 3 aromatic rings. The van der Waals surface area contributed by atoms with Crippen molar-refractivity contribution in [3.63, 3.8) is 0 Å². The molecule has 1 atom stereocenters. The van der Waals surface area contributed by atoms with E-state index < -0.39 is 0 Å². The minimum absolute atomic E-state index is 0.175. The summed E-state index contributed by atoms with van der Waals surface area (Å²) in [4.78, 5) is 27.0. The summed E-state index contributed by atoms with van der Waals surface area (Å²) in [6.45, 7) is 4.32. The maximum atomic E-state index is 12.8. The van der Waals surface area contributed by atoms with E-state index in [9.17, 15) is 4.79 Å². The molecule has 134 valence electrons. The number of anilines is 1. The fraction of sp³-hybridized carbons (Fsp3) is 0.350. The van der Waals surface area contributed by atoms with Crippen molar-refractivity contribution in [2.45, 2.75) is 32.4 Å². The second-order valence-electron chi connectivity index (χ2n) is 6.60. The fourth-order valence-corrected chi connectivity index (χ4v) is 4.32. The number of carbonyl (C=O) groups excluding carboxylic acids is 1. The summed E-state index contributed by atoms with van der Waals surface area (Å²) in [6, 6.07) is 12.5. The van der Waals surface area contributed by atoms with E-state index in [-0.39, 0.29) is 11.9 Å². The first kappa shape index (κ1) is 17.0. The molecular weight excluding hydrogens is 344 g/mol. The fourth-order valence-electron chi connectivity index (χ4n) is 3.59. The second-order valence-corrected chi connectivity index (χ2v) is 7.50. The molecule has 0 saturated carbocycles. The first-order chi connectivity index (χ1) is 12.8. The van der Waals surface area contributed by atoms with E-state index in [1.807, 2.05) is 28.5 Å². The molecule has 6 heteroatoms. The van der Waals surface area contributed by atoms with Crippen molar-refractivity contribution < 1.29 is 4.79 Å². The average Bonchev–Trinajstić information content (AvgIpc) is 3.10. The van der Waals surface area contributed by atoms with Gasteiger partial charge in [0, 0.05) is 32.1 Å². The molecule has 26 heavy (non-hydrogen) atoms. The smallest absolute Gasteiger partial charge is 0.224 e. The van der Waals surface area contributed by atoms with Crippen molar-refractivity contribution in [1.82, 2.24) is 14.9 Å². The molecular formula is C20H22N4OS. The molecule has 0 aliphatic carbocycles. The van der Waals surface area contributed by atoms with Crippen molar-refractivity contribution in [2.24, 2.45) is 0 Å². The summed E-state index contributed by atoms with van der Waals surface area (Å²) >= 11 is 1.62. The van der Waals surface area contributed by atoms with Crippen molar-refractivity contribution >= 4 is 33.3 Å². The van der Waals surface area contributed by atoms with E-state index in [2.05, 4.69) is 40.0 Å². The SMILES string of the molecule is CC[C@H]1CN(c2ncnc3sccc23)CCC(=O)N1Cc1ccccc1. The molecule has 5 nitrogen and oxygen atoms in total. The van der Waals surface area contributed by atoms with Gasteiger partial charge in [-0.25, -0.2) is 9.97 Å². The second kappa shape index (κ2) is 7.41. The van der Waals surface area contributed by atoms with Gasteiger partial charge < -0.3 is 9.80 Å². The third kappa shape index (κ3) is 3.29. The van der Waals surface area contributed by atoms with Gasteiger partial charge >= 0.3 is 0 Å². The molecule has 0 bridgehead atoms. The predicted octanol–water partition coefficient (Wildman–Crippen LogP) is 3.71. The molecule has 1 amide bonds. The summed E-state index contributed by atoms with van der Waals surface area (Å²) in [5, 5.41) is 3.13. The summed E-state index contributed by atoms with van der Waals surface area (Å²) < 4.78 is 0. The zero-order valence-corrected chi connectivity index (χ0v) is 15.7. The highest BCUT2D eigenvalue weighted by Crippen LogP contribution is 2.29. The predicted molar refractivity (Wildman–Crippen MR) is 105 cm³/mol. The van der Waals surface area contributed by atoms with Crippen LogP contribution in [0.1, 0.15) is 25.3 Å². The zero-order valence-electron chi connectivity index (χ0n) is 14.8. The van der Waals surface area contributed by atoms with Crippen LogP contribution in [0.5, 0.6) is 0 Å². The number of hydrogen-bond donors (Lipinski definition) is 0. The van der Waals surface area contributed by atoms with Crippen LogP contribution in [0.3, 0.4) is 0 Å². The topological polar surface area (TPSA) is 49.3 Å². The number of nitrogens with zero attached hydrogens (tertiary/aromatic N) is 4. The average molecular weight is 366 g/mol. The Labute approximate surface area is 157 Å². The lowest BCUT2D eigenvalue weighted by Crippen LogP contribution is -2.42. The maximum Gasteiger partial charge on any atom is 0.224 e. The van der Waals surface area contributed by atoms with E-state index in [0.29, 0.717) is 19.5 Å². The van der Waals surface area contributed by atoms with Gasteiger partial charge in [0.2, 0.25) is 5.91 Å². The molecule has 1 saturated heterocycles. The van der Waals surface area contributed by atoms with Gasteiger partial charge in [-0.05, 0) is 23.4 Å². The number of amides is 1. The number of carbonyl (C=O) groups is 1. The van der Waals surface area contributed by atoms with E-state index in [0.717, 1.165) is 29.0 Å². The van der Waals surface area contributed by atoms with E-state index in [1.165, 1.54) is 5.56 Å². The first-order valence-corrected chi connectivity index (χ1v) is 9.90. The molecule has 1 aliphatic rings. The van der Waals surface area contributed by atoms with Crippen LogP contribution < -0.4 is 4.90 Å². The number of thiophene rings is 1. The van der Waals surface area contributed by atoms with E-state index >= 15 is 0 Å². The van der Waals surface area contributed by atoms with Crippen LogP contribution in [-0.2, 0) is 11.3 Å². The van der Waals surface area contributed by atoms with Gasteiger partial charge in [-0.1, -0.05) is 37.3 Å². The Morgan fingerprint density at radius 3 is 2.85 bits per heavy atom. The zero-order chi connectivity index (χ0) is 17.9. The van der Waals surface area contributed by atoms with Crippen molar-refractivity contribution in [1.29, 1.82) is 0 Å². The number of hydrogen-bond acceptors (Lipinski definition) is 5. The Hall–Kier alpha value is -2.47. The monoisotopic (exact) mass is 366 g/mol. The largest absolute Gasteiger partial charge is 0.353 e. The molecule has 0 spiro atoms. The Kier molecular flexibility index (Phi) is 4.84. The number of fused-ring (bicyclic) bond motifs is 1. The molecule has 0 radical (unpaired) electrons. The minimum atomic E-state index is 0.175. The molecule has 0 N–H and O–H groups in total. The Morgan fingerprint density at radius 1 is 1.19 bits per heavy atom. The lowest BCUT2D eigenvalue weighted by atomic mass is 10.1. The molecule has 4 rings (SSSR count). The summed E-state index contributed by atoms with van der Waals surface area (Å²) in [6.07, 6.45) is 3.06. The molecule has 1 fully saturated rings. The number of benzene rings is 1. The maximum absolute atomic E-state index is 12.8. The summed E-state index contributed by atoms with van der Waals surface area (Å²) in [7, 11) is 0. The van der Waals surface area contributed by atoms with Gasteiger partial charge in [0.25, 0.3) is 0 Å². The highest BCUT2D eigenvalue weighted by Gasteiger charge is 2.29. The molecule has 3 heterocycles. The quantitative estimate of drug-likeness (QED) is 0.706. The van der Waals surface area contributed by atoms with Crippen molar-refractivity contribution in [3.05, 3.63) is 53.7 Å². The van der Waals surface area contributed by atoms with Crippen LogP contribution in [-0.4, -0.2) is 39.9 Å². The van der Waals surface area contributed by atoms with Crippen LogP contribution in [0.15, 0.2) is 48.1 Å². The number of rotatable bonds is 4. The lowest BCUT2D eigenvalue weighted by Gasteiger charge is -2.31. The van der Waals surface area contributed by atoms with Crippen LogP contribution in [0, 0.1) is 0 Å². The highest BCUT2D eigenvalue weighted by molar-refractivity contribution is 7.16. The van der Waals surface area contributed by atoms with Gasteiger partial charge in [0.1, 0.15) is 17.0 Å². The van der Waals surface area contributed by atoms with Gasteiger partial charge in [-0.15, -0.1) is 11.3 Å². The van der Waals surface area contributed by atoms with Crippen molar-refractivity contribution in [2.75, 3.05) is 18.0 Å². The Bertz CT molecular complexity index is 895. The Morgan fingerprint density at radius 2 is 2.04 bits per heavy atom. The standard InChI is InChI=1S/C20H22N4OS/c1-2-16-13-23(19-17-9-11-26-20(17)22-14-21-19)10-8-18(25)24(16)12-15-6-4-3-5-7-15/h3-7,9,11,14,16H,2,8,10,12-13H2,1H3/t16-/m0/s1. The molecule has 2 aromatic heterocycles. The van der Waals surface area contributed by atoms with E-state index in [1.54, 1.807) is 17.7 Å². The van der Waals surface area contributed by atoms with Crippen molar-refractivity contribution in [3.8, 4) is 0 Å². The molecule has 1 aliphatic heterocycles. The van der Waals surface area contributed by atoms with Crippen LogP contribution in [0.2, 0.25) is 0 Å². The lowest BCUT2D eigenvalue weighted by molar-refractivity contribution is -0.133. The normalized spacial score (nSPS) is 18.3.